The smallest absolute Gasteiger partial charge is 0.322 e. The molecular formula is C19H27FN4O5. The van der Waals surface area contributed by atoms with Crippen molar-refractivity contribution >= 4 is 17.6 Å². The lowest BCUT2D eigenvalue weighted by molar-refractivity contribution is -0.124. The second kappa shape index (κ2) is 8.42. The molecule has 2 aliphatic heterocycles. The third kappa shape index (κ3) is 4.38. The van der Waals surface area contributed by atoms with Crippen LogP contribution in [0.15, 0.2) is 12.1 Å². The van der Waals surface area contributed by atoms with E-state index in [0.717, 1.165) is 5.69 Å². The molecular weight excluding hydrogens is 383 g/mol. The number of halogens is 1. The number of imide groups is 1. The van der Waals surface area contributed by atoms with Crippen LogP contribution in [0.1, 0.15) is 19.8 Å². The monoisotopic (exact) mass is 410 g/mol. The van der Waals surface area contributed by atoms with Gasteiger partial charge in [0.2, 0.25) is 5.82 Å². The van der Waals surface area contributed by atoms with E-state index in [2.05, 4.69) is 15.5 Å². The second-order valence-electron chi connectivity index (χ2n) is 7.45. The maximum absolute atomic E-state index is 14.1. The molecule has 2 fully saturated rings. The number of piperazine rings is 1. The van der Waals surface area contributed by atoms with Gasteiger partial charge in [-0.25, -0.2) is 4.79 Å². The molecule has 2 atom stereocenters. The van der Waals surface area contributed by atoms with Crippen molar-refractivity contribution in [1.82, 2.24) is 15.5 Å². The summed E-state index contributed by atoms with van der Waals surface area (Å²) in [7, 11) is 2.81. The number of aliphatic hydroxyl groups is 1. The third-order valence-corrected chi connectivity index (χ3v) is 5.55. The van der Waals surface area contributed by atoms with Crippen LogP contribution < -0.4 is 25.0 Å². The molecule has 1 aromatic rings. The molecule has 2 aliphatic rings. The highest BCUT2D eigenvalue weighted by atomic mass is 19.1. The van der Waals surface area contributed by atoms with Gasteiger partial charge in [-0.15, -0.1) is 0 Å². The van der Waals surface area contributed by atoms with Gasteiger partial charge in [0.05, 0.1) is 14.2 Å². The van der Waals surface area contributed by atoms with E-state index < -0.39 is 23.6 Å². The lowest BCUT2D eigenvalue weighted by Crippen LogP contribution is -2.51. The van der Waals surface area contributed by atoms with Crippen LogP contribution in [-0.2, 0) is 4.79 Å². The summed E-state index contributed by atoms with van der Waals surface area (Å²) in [5.74, 6) is -0.679. The van der Waals surface area contributed by atoms with E-state index in [0.29, 0.717) is 39.0 Å². The van der Waals surface area contributed by atoms with Crippen molar-refractivity contribution in [3.63, 3.8) is 0 Å². The summed E-state index contributed by atoms with van der Waals surface area (Å²) in [6.07, 6.45) is -0.0441. The zero-order chi connectivity index (χ0) is 21.2. The van der Waals surface area contributed by atoms with Crippen LogP contribution in [0.25, 0.3) is 0 Å². The molecule has 0 saturated carbocycles. The molecule has 160 valence electrons. The predicted molar refractivity (Wildman–Crippen MR) is 104 cm³/mol. The zero-order valence-corrected chi connectivity index (χ0v) is 16.8. The molecule has 0 radical (unpaired) electrons. The van der Waals surface area contributed by atoms with Crippen molar-refractivity contribution in [1.29, 1.82) is 0 Å². The quantitative estimate of drug-likeness (QED) is 0.568. The highest BCUT2D eigenvalue weighted by Crippen LogP contribution is 2.33. The maximum atomic E-state index is 14.1. The number of benzene rings is 1. The number of methoxy groups -OCH3 is 2. The molecule has 9 nitrogen and oxygen atoms in total. The molecule has 3 rings (SSSR count). The van der Waals surface area contributed by atoms with E-state index in [9.17, 15) is 19.1 Å². The minimum Gasteiger partial charge on any atom is -0.493 e. The summed E-state index contributed by atoms with van der Waals surface area (Å²) >= 11 is 0. The Balaban J connectivity index is 1.56. The Bertz CT molecular complexity index is 759. The average molecular weight is 410 g/mol. The summed E-state index contributed by atoms with van der Waals surface area (Å²) in [6.45, 7) is 4.09. The van der Waals surface area contributed by atoms with Crippen molar-refractivity contribution in [2.45, 2.75) is 31.5 Å². The van der Waals surface area contributed by atoms with Crippen LogP contribution >= 0.6 is 0 Å². The van der Waals surface area contributed by atoms with Crippen LogP contribution in [-0.4, -0.2) is 74.1 Å². The van der Waals surface area contributed by atoms with Crippen LogP contribution in [0.4, 0.5) is 14.9 Å². The van der Waals surface area contributed by atoms with Crippen molar-refractivity contribution in [2.24, 2.45) is 0 Å². The van der Waals surface area contributed by atoms with Gasteiger partial charge in [-0.1, -0.05) is 0 Å². The third-order valence-electron chi connectivity index (χ3n) is 5.55. The number of carbonyl (C=O) groups excluding carboxylic acids is 2. The number of amides is 3. The number of hydrogen-bond donors (Lipinski definition) is 3. The number of urea groups is 1. The Morgan fingerprint density at radius 1 is 1.17 bits per heavy atom. The normalized spacial score (nSPS) is 23.6. The first kappa shape index (κ1) is 21.1. The fourth-order valence-electron chi connectivity index (χ4n) is 3.67. The first-order valence-electron chi connectivity index (χ1n) is 9.49. The van der Waals surface area contributed by atoms with Crippen molar-refractivity contribution in [3.8, 4) is 11.5 Å². The fraction of sp³-hybridized carbons (Fsp3) is 0.579. The summed E-state index contributed by atoms with van der Waals surface area (Å²) in [5.41, 5.74) is -0.215. The first-order chi connectivity index (χ1) is 13.8. The molecule has 2 saturated heterocycles. The highest BCUT2D eigenvalue weighted by Gasteiger charge is 2.42. The SMILES string of the molecule is COc1cc(N2CCN(C(O)CC[C@@]3(C)NC(=O)NC3=O)CC2)cc(OC)c1F. The second-order valence-corrected chi connectivity index (χ2v) is 7.45. The Labute approximate surface area is 168 Å². The Morgan fingerprint density at radius 3 is 2.24 bits per heavy atom. The maximum Gasteiger partial charge on any atom is 0.322 e. The number of hydrogen-bond acceptors (Lipinski definition) is 7. The lowest BCUT2D eigenvalue weighted by Gasteiger charge is -2.39. The largest absolute Gasteiger partial charge is 0.493 e. The molecule has 10 heteroatoms. The van der Waals surface area contributed by atoms with Gasteiger partial charge in [0.15, 0.2) is 11.5 Å². The number of aliphatic hydroxyl groups excluding tert-OH is 1. The number of anilines is 1. The van der Waals surface area contributed by atoms with Crippen LogP contribution in [0, 0.1) is 5.82 Å². The molecule has 3 amide bonds. The molecule has 2 heterocycles. The summed E-state index contributed by atoms with van der Waals surface area (Å²) < 4.78 is 24.3. The van der Waals surface area contributed by atoms with Crippen molar-refractivity contribution < 1.29 is 28.6 Å². The van der Waals surface area contributed by atoms with E-state index in [1.165, 1.54) is 14.2 Å². The highest BCUT2D eigenvalue weighted by molar-refractivity contribution is 6.06. The minimum absolute atomic E-state index is 0.118. The van der Waals surface area contributed by atoms with Gasteiger partial charge in [-0.2, -0.15) is 4.39 Å². The number of nitrogens with one attached hydrogen (secondary N) is 2. The van der Waals surface area contributed by atoms with Gasteiger partial charge in [0, 0.05) is 44.0 Å². The standard InChI is InChI=1S/C19H27FN4O5/c1-19(17(26)21-18(27)22-19)5-4-15(25)24-8-6-23(7-9-24)12-10-13(28-2)16(20)14(11-12)29-3/h10-11,15,25H,4-9H2,1-3H3,(H2,21,22,26,27)/t15?,19-/m1/s1. The van der Waals surface area contributed by atoms with E-state index in [1.54, 1.807) is 19.1 Å². The molecule has 3 N–H and O–H groups in total. The fourth-order valence-corrected chi connectivity index (χ4v) is 3.67. The van der Waals surface area contributed by atoms with Gasteiger partial charge < -0.3 is 24.8 Å². The van der Waals surface area contributed by atoms with Gasteiger partial charge in [0.25, 0.3) is 5.91 Å². The van der Waals surface area contributed by atoms with E-state index in [4.69, 9.17) is 9.47 Å². The predicted octanol–water partition coefficient (Wildman–Crippen LogP) is 0.662. The lowest BCUT2D eigenvalue weighted by atomic mass is 9.95. The minimum atomic E-state index is -0.999. The molecule has 29 heavy (non-hydrogen) atoms. The number of carbonyl (C=O) groups is 2. The average Bonchev–Trinajstić information content (AvgIpc) is 2.98. The van der Waals surface area contributed by atoms with Crippen LogP contribution in [0.5, 0.6) is 11.5 Å². The Kier molecular flexibility index (Phi) is 6.13. The summed E-state index contributed by atoms with van der Waals surface area (Å²) in [4.78, 5) is 27.2. The molecule has 1 unspecified atom stereocenters. The van der Waals surface area contributed by atoms with Gasteiger partial charge in [-0.3, -0.25) is 15.0 Å². The number of rotatable bonds is 7. The number of nitrogens with zero attached hydrogens (tertiary/aromatic N) is 2. The Hall–Kier alpha value is -2.59. The van der Waals surface area contributed by atoms with Crippen molar-refractivity contribution in [2.75, 3.05) is 45.3 Å². The van der Waals surface area contributed by atoms with E-state index in [-0.39, 0.29) is 17.4 Å². The zero-order valence-electron chi connectivity index (χ0n) is 16.8. The molecule has 0 aliphatic carbocycles. The van der Waals surface area contributed by atoms with Gasteiger partial charge in [0.1, 0.15) is 11.8 Å². The van der Waals surface area contributed by atoms with E-state index >= 15 is 0 Å². The van der Waals surface area contributed by atoms with Gasteiger partial charge >= 0.3 is 6.03 Å². The summed E-state index contributed by atoms with van der Waals surface area (Å²) in [5, 5.41) is 15.4. The van der Waals surface area contributed by atoms with Crippen LogP contribution in [0.3, 0.4) is 0 Å². The summed E-state index contributed by atoms with van der Waals surface area (Å²) in [6, 6.07) is 2.75. The first-order valence-corrected chi connectivity index (χ1v) is 9.49. The molecule has 1 aromatic carbocycles. The molecule has 0 bridgehead atoms. The molecule has 0 aromatic heterocycles. The number of ether oxygens (including phenoxy) is 2. The Morgan fingerprint density at radius 2 is 1.76 bits per heavy atom. The van der Waals surface area contributed by atoms with E-state index in [1.807, 2.05) is 4.90 Å². The van der Waals surface area contributed by atoms with Crippen molar-refractivity contribution in [3.05, 3.63) is 17.9 Å². The van der Waals surface area contributed by atoms with Gasteiger partial charge in [-0.05, 0) is 19.8 Å². The van der Waals surface area contributed by atoms with Crippen LogP contribution in [0.2, 0.25) is 0 Å². The molecule has 0 spiro atoms. The topological polar surface area (TPSA) is 103 Å².